The van der Waals surface area contributed by atoms with E-state index in [9.17, 15) is 14.7 Å². The molecular weight excluding hydrogens is 448 g/mol. The second kappa shape index (κ2) is 11.5. The molecule has 1 aliphatic heterocycles. The molecule has 1 aliphatic rings. The lowest BCUT2D eigenvalue weighted by Crippen LogP contribution is -2.51. The summed E-state index contributed by atoms with van der Waals surface area (Å²) in [5, 5.41) is 9.84. The predicted molar refractivity (Wildman–Crippen MR) is 134 cm³/mol. The van der Waals surface area contributed by atoms with Gasteiger partial charge in [-0.2, -0.15) is 0 Å². The minimum atomic E-state index is -0.384. The number of benzene rings is 1. The number of nitrogens with zero attached hydrogens (tertiary/aromatic N) is 4. The van der Waals surface area contributed by atoms with E-state index < -0.39 is 0 Å². The van der Waals surface area contributed by atoms with Gasteiger partial charge in [-0.1, -0.05) is 19.1 Å². The summed E-state index contributed by atoms with van der Waals surface area (Å²) in [6.45, 7) is 4.67. The number of methoxy groups -OCH3 is 1. The van der Waals surface area contributed by atoms with Crippen LogP contribution in [0.5, 0.6) is 11.6 Å². The van der Waals surface area contributed by atoms with E-state index in [1.54, 1.807) is 36.2 Å². The van der Waals surface area contributed by atoms with Crippen LogP contribution < -0.4 is 9.47 Å². The van der Waals surface area contributed by atoms with Gasteiger partial charge in [-0.25, -0.2) is 4.98 Å². The van der Waals surface area contributed by atoms with Crippen LogP contribution in [0.3, 0.4) is 0 Å². The SMILES string of the molecule is COc1ccc(-c2cnc3c(c2)C(=O)N([C@@H](C)CO)C[C@H](C)[C@@H](CN(C)C(=O)CN(C)C)O3)cc1. The molecule has 0 spiro atoms. The molecule has 0 fully saturated rings. The number of ether oxygens (including phenoxy) is 2. The van der Waals surface area contributed by atoms with E-state index in [1.165, 1.54) is 0 Å². The van der Waals surface area contributed by atoms with Crippen molar-refractivity contribution in [3.8, 4) is 22.8 Å². The summed E-state index contributed by atoms with van der Waals surface area (Å²) in [5.41, 5.74) is 1.98. The van der Waals surface area contributed by atoms with Crippen molar-refractivity contribution in [3.05, 3.63) is 42.1 Å². The van der Waals surface area contributed by atoms with E-state index in [0.717, 1.165) is 16.9 Å². The van der Waals surface area contributed by atoms with Crippen molar-refractivity contribution in [1.82, 2.24) is 19.7 Å². The van der Waals surface area contributed by atoms with Gasteiger partial charge in [0.1, 0.15) is 17.4 Å². The molecule has 190 valence electrons. The van der Waals surface area contributed by atoms with Gasteiger partial charge in [0.05, 0.1) is 32.8 Å². The lowest BCUT2D eigenvalue weighted by Gasteiger charge is -2.37. The van der Waals surface area contributed by atoms with Gasteiger partial charge in [0.25, 0.3) is 5.91 Å². The van der Waals surface area contributed by atoms with Gasteiger partial charge in [-0.3, -0.25) is 9.59 Å². The first kappa shape index (κ1) is 26.4. The summed E-state index contributed by atoms with van der Waals surface area (Å²) in [6, 6.07) is 8.90. The van der Waals surface area contributed by atoms with Crippen molar-refractivity contribution < 1.29 is 24.2 Å². The molecule has 0 aliphatic carbocycles. The van der Waals surface area contributed by atoms with Gasteiger partial charge >= 0.3 is 0 Å². The fourth-order valence-corrected chi connectivity index (χ4v) is 4.02. The van der Waals surface area contributed by atoms with E-state index in [0.29, 0.717) is 25.2 Å². The Morgan fingerprint density at radius 1 is 1.26 bits per heavy atom. The van der Waals surface area contributed by atoms with Gasteiger partial charge in [0, 0.05) is 31.3 Å². The summed E-state index contributed by atoms with van der Waals surface area (Å²) in [4.78, 5) is 35.8. The van der Waals surface area contributed by atoms with Crippen LogP contribution in [0.25, 0.3) is 11.1 Å². The quantitative estimate of drug-likeness (QED) is 0.612. The molecule has 0 bridgehead atoms. The Bertz CT molecular complexity index is 1030. The highest BCUT2D eigenvalue weighted by atomic mass is 16.5. The van der Waals surface area contributed by atoms with Crippen LogP contribution in [0.1, 0.15) is 24.2 Å². The zero-order valence-corrected chi connectivity index (χ0v) is 21.4. The Morgan fingerprint density at radius 3 is 2.54 bits per heavy atom. The Kier molecular flexibility index (Phi) is 8.69. The lowest BCUT2D eigenvalue weighted by molar-refractivity contribution is -0.132. The van der Waals surface area contributed by atoms with Crippen LogP contribution in [0.4, 0.5) is 0 Å². The molecule has 1 aromatic heterocycles. The number of rotatable bonds is 8. The molecular formula is C26H36N4O5. The second-order valence-corrected chi connectivity index (χ2v) is 9.44. The van der Waals surface area contributed by atoms with Crippen LogP contribution in [0.2, 0.25) is 0 Å². The van der Waals surface area contributed by atoms with Crippen molar-refractivity contribution in [2.45, 2.75) is 26.0 Å². The van der Waals surface area contributed by atoms with E-state index in [-0.39, 0.29) is 42.4 Å². The molecule has 0 saturated carbocycles. The van der Waals surface area contributed by atoms with Crippen molar-refractivity contribution in [2.24, 2.45) is 5.92 Å². The normalized spacial score (nSPS) is 18.9. The number of fused-ring (bicyclic) bond motifs is 1. The van der Waals surface area contributed by atoms with Gasteiger partial charge in [0.15, 0.2) is 0 Å². The standard InChI is InChI=1S/C26H36N4O5/c1-17-13-30(18(2)16-31)26(33)22-11-20(19-7-9-21(34-6)10-8-19)12-27-25(22)35-23(17)14-29(5)24(32)15-28(3)4/h7-12,17-18,23,31H,13-16H2,1-6H3/t17-,18-,23+/m0/s1. The third-order valence-corrected chi connectivity index (χ3v) is 6.28. The number of aromatic nitrogens is 1. The number of hydrogen-bond acceptors (Lipinski definition) is 7. The molecule has 0 unspecified atom stereocenters. The van der Waals surface area contributed by atoms with Crippen LogP contribution in [-0.4, -0.2) is 103 Å². The number of carbonyl (C=O) groups is 2. The summed E-state index contributed by atoms with van der Waals surface area (Å²) in [5.74, 6) is 0.602. The largest absolute Gasteiger partial charge is 0.497 e. The van der Waals surface area contributed by atoms with Crippen LogP contribution in [0, 0.1) is 5.92 Å². The third-order valence-electron chi connectivity index (χ3n) is 6.28. The average Bonchev–Trinajstić information content (AvgIpc) is 2.85. The van der Waals surface area contributed by atoms with Gasteiger partial charge in [0.2, 0.25) is 11.8 Å². The molecule has 1 aromatic carbocycles. The van der Waals surface area contributed by atoms with E-state index in [4.69, 9.17) is 9.47 Å². The Labute approximate surface area is 207 Å². The molecule has 3 rings (SSSR count). The first-order chi connectivity index (χ1) is 16.6. The van der Waals surface area contributed by atoms with Crippen LogP contribution in [0.15, 0.2) is 36.5 Å². The average molecular weight is 485 g/mol. The molecule has 2 amide bonds. The Balaban J connectivity index is 1.98. The maximum absolute atomic E-state index is 13.6. The summed E-state index contributed by atoms with van der Waals surface area (Å²) < 4.78 is 11.5. The van der Waals surface area contributed by atoms with Gasteiger partial charge < -0.3 is 29.3 Å². The molecule has 3 atom stereocenters. The maximum atomic E-state index is 13.6. The summed E-state index contributed by atoms with van der Waals surface area (Å²) in [6.07, 6.45) is 1.29. The van der Waals surface area contributed by atoms with E-state index >= 15 is 0 Å². The topological polar surface area (TPSA) is 95.4 Å². The number of amides is 2. The Hall–Kier alpha value is -3.17. The molecule has 9 heteroatoms. The fraction of sp³-hybridized carbons (Fsp3) is 0.500. The van der Waals surface area contributed by atoms with Gasteiger partial charge in [-0.15, -0.1) is 0 Å². The third kappa shape index (κ3) is 6.29. The highest BCUT2D eigenvalue weighted by Gasteiger charge is 2.34. The molecule has 0 radical (unpaired) electrons. The van der Waals surface area contributed by atoms with Crippen molar-refractivity contribution >= 4 is 11.8 Å². The molecule has 35 heavy (non-hydrogen) atoms. The molecule has 2 heterocycles. The van der Waals surface area contributed by atoms with Crippen LogP contribution in [-0.2, 0) is 4.79 Å². The lowest BCUT2D eigenvalue weighted by atomic mass is 9.99. The number of pyridine rings is 1. The van der Waals surface area contributed by atoms with E-state index in [1.807, 2.05) is 57.1 Å². The number of carbonyl (C=O) groups excluding carboxylic acids is 2. The first-order valence-electron chi connectivity index (χ1n) is 11.8. The molecule has 2 aromatic rings. The zero-order chi connectivity index (χ0) is 25.7. The van der Waals surface area contributed by atoms with Crippen molar-refractivity contribution in [1.29, 1.82) is 0 Å². The number of likely N-dealkylation sites (N-methyl/N-ethyl adjacent to an activating group) is 2. The second-order valence-electron chi connectivity index (χ2n) is 9.44. The molecule has 9 nitrogen and oxygen atoms in total. The first-order valence-corrected chi connectivity index (χ1v) is 11.8. The molecule has 1 N–H and O–H groups in total. The smallest absolute Gasteiger partial charge is 0.259 e. The van der Waals surface area contributed by atoms with Crippen LogP contribution >= 0.6 is 0 Å². The molecule has 0 saturated heterocycles. The van der Waals surface area contributed by atoms with Gasteiger partial charge in [-0.05, 0) is 44.8 Å². The number of hydrogen-bond donors (Lipinski definition) is 1. The minimum absolute atomic E-state index is 0.0208. The predicted octanol–water partition coefficient (Wildman–Crippen LogP) is 2.00. The van der Waals surface area contributed by atoms with Crippen molar-refractivity contribution in [3.63, 3.8) is 0 Å². The highest BCUT2D eigenvalue weighted by Crippen LogP contribution is 2.31. The minimum Gasteiger partial charge on any atom is -0.497 e. The highest BCUT2D eigenvalue weighted by molar-refractivity contribution is 5.98. The number of aliphatic hydroxyl groups excluding tert-OH is 1. The number of aliphatic hydroxyl groups is 1. The summed E-state index contributed by atoms with van der Waals surface area (Å²) in [7, 11) is 7.06. The van der Waals surface area contributed by atoms with Crippen molar-refractivity contribution in [2.75, 3.05) is 54.5 Å². The fourth-order valence-electron chi connectivity index (χ4n) is 4.02. The maximum Gasteiger partial charge on any atom is 0.259 e. The summed E-state index contributed by atoms with van der Waals surface area (Å²) >= 11 is 0. The van der Waals surface area contributed by atoms with E-state index in [2.05, 4.69) is 4.98 Å². The zero-order valence-electron chi connectivity index (χ0n) is 21.4. The monoisotopic (exact) mass is 484 g/mol. The Morgan fingerprint density at radius 2 is 1.94 bits per heavy atom.